The molecule has 6 N–H and O–H groups in total. The molecule has 8 nitrogen and oxygen atoms in total. The van der Waals surface area contributed by atoms with E-state index in [1.54, 1.807) is 12.2 Å². The molecule has 1 aliphatic heterocycles. The van der Waals surface area contributed by atoms with Crippen LogP contribution in [0.25, 0.3) is 0 Å². The van der Waals surface area contributed by atoms with Crippen molar-refractivity contribution in [3.63, 3.8) is 0 Å². The van der Waals surface area contributed by atoms with Crippen LogP contribution in [0.1, 0.15) is 52.5 Å². The average molecular weight is 473 g/mol. The van der Waals surface area contributed by atoms with Gasteiger partial charge in [0.15, 0.2) is 5.78 Å². The Balaban J connectivity index is 2.10. The third kappa shape index (κ3) is 7.40. The number of benzene rings is 1. The van der Waals surface area contributed by atoms with Crippen LogP contribution in [0.4, 0.5) is 5.69 Å². The summed E-state index contributed by atoms with van der Waals surface area (Å²) in [7, 11) is 0. The Morgan fingerprint density at radius 3 is 2.35 bits per heavy atom. The van der Waals surface area contributed by atoms with Crippen molar-refractivity contribution < 1.29 is 19.5 Å². The number of Topliss-reactive ketones (excluding diaryl/α,β-unsaturated/α-hetero) is 1. The minimum atomic E-state index is -0.995. The number of carbonyl (C=O) groups is 3. The van der Waals surface area contributed by atoms with Gasteiger partial charge in [-0.2, -0.15) is 0 Å². The predicted octanol–water partition coefficient (Wildman–Crippen LogP) is 1.95. The molecule has 0 aromatic heterocycles. The fraction of sp³-hybridized carbons (Fsp3) is 0.577. The third-order valence-corrected chi connectivity index (χ3v) is 6.37. The highest BCUT2D eigenvalue weighted by molar-refractivity contribution is 5.89. The molecule has 1 aromatic carbocycles. The molecule has 0 aliphatic carbocycles. The molecular formula is C26H40N4O4. The SMILES string of the molecule is CC(=O)C(CC1CNc2ccccc21)NC(=O)C(/C=C/C(NC(=O)C(N)CO)C(C)C)C(C)C. The average Bonchev–Trinajstić information content (AvgIpc) is 3.19. The minimum absolute atomic E-state index is 0.0130. The third-order valence-electron chi connectivity index (χ3n) is 6.37. The van der Waals surface area contributed by atoms with Crippen molar-refractivity contribution >= 4 is 23.3 Å². The van der Waals surface area contributed by atoms with Gasteiger partial charge in [-0.15, -0.1) is 0 Å². The van der Waals surface area contributed by atoms with Crippen LogP contribution >= 0.6 is 0 Å². The first-order valence-corrected chi connectivity index (χ1v) is 12.0. The topological polar surface area (TPSA) is 134 Å². The maximum absolute atomic E-state index is 13.2. The number of aliphatic hydroxyl groups is 1. The van der Waals surface area contributed by atoms with E-state index in [2.05, 4.69) is 22.0 Å². The first kappa shape index (κ1) is 27.5. The monoisotopic (exact) mass is 472 g/mol. The number of para-hydroxylation sites is 1. The second-order valence-corrected chi connectivity index (χ2v) is 9.79. The Hall–Kier alpha value is -2.71. The van der Waals surface area contributed by atoms with Crippen LogP contribution in [0.5, 0.6) is 0 Å². The zero-order valence-electron chi connectivity index (χ0n) is 20.9. The lowest BCUT2D eigenvalue weighted by Gasteiger charge is -2.25. The zero-order chi connectivity index (χ0) is 25.4. The first-order valence-electron chi connectivity index (χ1n) is 12.0. The van der Waals surface area contributed by atoms with Gasteiger partial charge in [-0.05, 0) is 36.8 Å². The molecule has 0 saturated carbocycles. The summed E-state index contributed by atoms with van der Waals surface area (Å²) in [5.41, 5.74) is 7.85. The molecular weight excluding hydrogens is 432 g/mol. The lowest BCUT2D eigenvalue weighted by Crippen LogP contribution is -2.48. The van der Waals surface area contributed by atoms with Gasteiger partial charge in [0.1, 0.15) is 6.04 Å². The Kier molecular flexibility index (Phi) is 10.3. The molecule has 2 rings (SSSR count). The van der Waals surface area contributed by atoms with Crippen molar-refractivity contribution in [1.82, 2.24) is 10.6 Å². The number of anilines is 1. The quantitative estimate of drug-likeness (QED) is 0.295. The summed E-state index contributed by atoms with van der Waals surface area (Å²) in [5.74, 6) is -1.02. The van der Waals surface area contributed by atoms with Crippen molar-refractivity contribution in [1.29, 1.82) is 0 Å². The van der Waals surface area contributed by atoms with Crippen molar-refractivity contribution in [3.05, 3.63) is 42.0 Å². The van der Waals surface area contributed by atoms with E-state index in [4.69, 9.17) is 10.8 Å². The van der Waals surface area contributed by atoms with Crippen LogP contribution in [0.3, 0.4) is 0 Å². The van der Waals surface area contributed by atoms with Gasteiger partial charge in [0.25, 0.3) is 0 Å². The summed E-state index contributed by atoms with van der Waals surface area (Å²) in [4.78, 5) is 37.7. The number of amides is 2. The summed E-state index contributed by atoms with van der Waals surface area (Å²) in [6, 6.07) is 6.12. The Morgan fingerprint density at radius 2 is 1.76 bits per heavy atom. The van der Waals surface area contributed by atoms with Gasteiger partial charge in [-0.25, -0.2) is 0 Å². The van der Waals surface area contributed by atoms with Gasteiger partial charge < -0.3 is 26.8 Å². The number of rotatable bonds is 12. The van der Waals surface area contributed by atoms with Gasteiger partial charge >= 0.3 is 0 Å². The summed E-state index contributed by atoms with van der Waals surface area (Å²) >= 11 is 0. The highest BCUT2D eigenvalue weighted by atomic mass is 16.3. The molecule has 5 atom stereocenters. The van der Waals surface area contributed by atoms with E-state index in [0.717, 1.165) is 12.2 Å². The van der Waals surface area contributed by atoms with E-state index < -0.39 is 30.5 Å². The lowest BCUT2D eigenvalue weighted by atomic mass is 9.90. The van der Waals surface area contributed by atoms with Gasteiger partial charge in [-0.1, -0.05) is 58.0 Å². The smallest absolute Gasteiger partial charge is 0.239 e. The van der Waals surface area contributed by atoms with Gasteiger partial charge in [0, 0.05) is 24.2 Å². The standard InChI is InChI=1S/C26H40N4O4/c1-15(2)19(10-11-22(16(3)4)29-26(34)21(27)14-31)25(33)30-24(17(5)32)12-18-13-28-23-9-7-6-8-20(18)23/h6-11,15-16,18-19,21-22,24,28,31H,12-14,27H2,1-5H3,(H,29,34)(H,30,33)/b11-10+. The minimum Gasteiger partial charge on any atom is -0.394 e. The van der Waals surface area contributed by atoms with Gasteiger partial charge in [0.2, 0.25) is 11.8 Å². The molecule has 34 heavy (non-hydrogen) atoms. The number of hydrogen-bond acceptors (Lipinski definition) is 6. The lowest BCUT2D eigenvalue weighted by molar-refractivity contribution is -0.129. The summed E-state index contributed by atoms with van der Waals surface area (Å²) in [5, 5.41) is 18.3. The summed E-state index contributed by atoms with van der Waals surface area (Å²) < 4.78 is 0. The molecule has 2 amide bonds. The molecule has 1 aliphatic rings. The van der Waals surface area contributed by atoms with Gasteiger partial charge in [0.05, 0.1) is 18.6 Å². The van der Waals surface area contributed by atoms with E-state index in [-0.39, 0.29) is 35.5 Å². The Bertz CT molecular complexity index is 883. The maximum atomic E-state index is 13.2. The van der Waals surface area contributed by atoms with Crippen molar-refractivity contribution in [2.45, 2.75) is 65.1 Å². The summed E-state index contributed by atoms with van der Waals surface area (Å²) in [6.45, 7) is 9.59. The van der Waals surface area contributed by atoms with Crippen LogP contribution in [0.15, 0.2) is 36.4 Å². The van der Waals surface area contributed by atoms with Crippen LogP contribution in [0.2, 0.25) is 0 Å². The van der Waals surface area contributed by atoms with Crippen molar-refractivity contribution in [3.8, 4) is 0 Å². The molecule has 0 saturated heterocycles. The van der Waals surface area contributed by atoms with E-state index in [0.29, 0.717) is 6.42 Å². The Morgan fingerprint density at radius 1 is 1.09 bits per heavy atom. The first-order chi connectivity index (χ1) is 16.0. The molecule has 8 heteroatoms. The number of carbonyl (C=O) groups excluding carboxylic acids is 3. The molecule has 1 heterocycles. The molecule has 188 valence electrons. The molecule has 0 bridgehead atoms. The fourth-order valence-electron chi connectivity index (χ4n) is 4.09. The second kappa shape index (κ2) is 12.7. The van der Waals surface area contributed by atoms with E-state index in [9.17, 15) is 14.4 Å². The molecule has 0 radical (unpaired) electrons. The number of fused-ring (bicyclic) bond motifs is 1. The van der Waals surface area contributed by atoms with Crippen molar-refractivity contribution in [2.75, 3.05) is 18.5 Å². The summed E-state index contributed by atoms with van der Waals surface area (Å²) in [6.07, 6.45) is 4.12. The Labute approximate surface area is 202 Å². The number of ketones is 1. The van der Waals surface area contributed by atoms with Crippen molar-refractivity contribution in [2.24, 2.45) is 23.5 Å². The normalized spacial score (nSPS) is 18.8. The molecule has 5 unspecified atom stereocenters. The number of nitrogens with one attached hydrogen (secondary N) is 3. The molecule has 1 aromatic rings. The fourth-order valence-corrected chi connectivity index (χ4v) is 4.09. The highest BCUT2D eigenvalue weighted by Crippen LogP contribution is 2.34. The maximum Gasteiger partial charge on any atom is 0.239 e. The number of nitrogens with two attached hydrogens (primary N) is 1. The van der Waals surface area contributed by atoms with Crippen LogP contribution in [-0.2, 0) is 14.4 Å². The largest absolute Gasteiger partial charge is 0.394 e. The van der Waals surface area contributed by atoms with E-state index in [1.165, 1.54) is 12.5 Å². The van der Waals surface area contributed by atoms with Crippen LogP contribution in [-0.4, -0.2) is 54.0 Å². The van der Waals surface area contributed by atoms with Gasteiger partial charge in [-0.3, -0.25) is 14.4 Å². The molecule has 0 fully saturated rings. The predicted molar refractivity (Wildman–Crippen MR) is 134 cm³/mol. The highest BCUT2D eigenvalue weighted by Gasteiger charge is 2.30. The number of aliphatic hydroxyl groups excluding tert-OH is 1. The van der Waals surface area contributed by atoms with E-state index in [1.807, 2.05) is 45.9 Å². The molecule has 0 spiro atoms. The van der Waals surface area contributed by atoms with Crippen LogP contribution in [0, 0.1) is 17.8 Å². The van der Waals surface area contributed by atoms with Crippen LogP contribution < -0.4 is 21.7 Å². The second-order valence-electron chi connectivity index (χ2n) is 9.79. The van der Waals surface area contributed by atoms with E-state index >= 15 is 0 Å². The zero-order valence-corrected chi connectivity index (χ0v) is 20.9. The number of hydrogen-bond donors (Lipinski definition) is 5.